The molecule has 3 aromatic rings. The van der Waals surface area contributed by atoms with Gasteiger partial charge in [-0.15, -0.1) is 0 Å². The maximum Gasteiger partial charge on any atom is 0.326 e. The molecule has 2 N–H and O–H groups in total. The molecule has 2 aromatic carbocycles. The number of para-hydroxylation sites is 1. The number of carboxylic acid groups (broad SMARTS) is 1. The van der Waals surface area contributed by atoms with Gasteiger partial charge in [0.25, 0.3) is 11.6 Å². The van der Waals surface area contributed by atoms with Crippen molar-refractivity contribution < 1.29 is 29.2 Å². The first-order valence-corrected chi connectivity index (χ1v) is 10.1. The molecule has 2 atom stereocenters. The number of fused-ring (bicyclic) bond motifs is 1. The Morgan fingerprint density at radius 2 is 1.79 bits per heavy atom. The van der Waals surface area contributed by atoms with Gasteiger partial charge < -0.3 is 15.2 Å². The Kier molecular flexibility index (Phi) is 7.29. The smallest absolute Gasteiger partial charge is 0.326 e. The molecule has 0 saturated heterocycles. The highest BCUT2D eigenvalue weighted by atomic mass is 16.6. The number of benzene rings is 2. The molecule has 170 valence electrons. The standard InChI is InChI=1S/C23H21N3O7/c1-2-33-20(27)13-17(14-7-10-16(11-8-14)26(31)32)21(23(29)30)25-22(28)19-12-9-15-5-3-4-6-18(15)24-19/h3-12,17,21H,2,13H2,1H3,(H,25,28)(H,29,30)/t17-,21-/m0/s1. The van der Waals surface area contributed by atoms with Crippen molar-refractivity contribution in [1.82, 2.24) is 10.3 Å². The van der Waals surface area contributed by atoms with Crippen LogP contribution in [-0.2, 0) is 14.3 Å². The van der Waals surface area contributed by atoms with Crippen molar-refractivity contribution in [1.29, 1.82) is 0 Å². The van der Waals surface area contributed by atoms with E-state index in [1.54, 1.807) is 25.1 Å². The zero-order valence-electron chi connectivity index (χ0n) is 17.6. The number of carbonyl (C=O) groups is 3. The van der Waals surface area contributed by atoms with Gasteiger partial charge >= 0.3 is 11.9 Å². The van der Waals surface area contributed by atoms with Crippen LogP contribution in [0.2, 0.25) is 0 Å². The van der Waals surface area contributed by atoms with Crippen molar-refractivity contribution in [3.63, 3.8) is 0 Å². The predicted molar refractivity (Wildman–Crippen MR) is 118 cm³/mol. The molecule has 10 heteroatoms. The van der Waals surface area contributed by atoms with Crippen molar-refractivity contribution in [2.24, 2.45) is 0 Å². The van der Waals surface area contributed by atoms with Crippen LogP contribution in [-0.4, -0.2) is 45.5 Å². The lowest BCUT2D eigenvalue weighted by Gasteiger charge is -2.24. The largest absolute Gasteiger partial charge is 0.480 e. The third-order valence-electron chi connectivity index (χ3n) is 5.01. The molecule has 33 heavy (non-hydrogen) atoms. The second-order valence-corrected chi connectivity index (χ2v) is 7.14. The number of pyridine rings is 1. The van der Waals surface area contributed by atoms with Crippen LogP contribution in [0.15, 0.2) is 60.7 Å². The number of ether oxygens (including phenoxy) is 1. The Balaban J connectivity index is 1.92. The fourth-order valence-corrected chi connectivity index (χ4v) is 3.41. The summed E-state index contributed by atoms with van der Waals surface area (Å²) in [4.78, 5) is 51.8. The Labute approximate surface area is 188 Å². The average Bonchev–Trinajstić information content (AvgIpc) is 2.81. The fraction of sp³-hybridized carbons (Fsp3) is 0.217. The maximum atomic E-state index is 12.9. The van der Waals surface area contributed by atoms with Gasteiger partial charge in [0, 0.05) is 23.4 Å². The number of hydrogen-bond acceptors (Lipinski definition) is 7. The average molecular weight is 451 g/mol. The van der Waals surface area contributed by atoms with Crippen LogP contribution in [0.4, 0.5) is 5.69 Å². The molecule has 0 radical (unpaired) electrons. The number of rotatable bonds is 9. The van der Waals surface area contributed by atoms with Crippen LogP contribution in [0.5, 0.6) is 0 Å². The minimum atomic E-state index is -1.52. The molecule has 0 spiro atoms. The molecule has 1 aromatic heterocycles. The third kappa shape index (κ3) is 5.67. The molecule has 1 heterocycles. The Bertz CT molecular complexity index is 1190. The number of nitrogens with zero attached hydrogens (tertiary/aromatic N) is 2. The molecule has 0 fully saturated rings. The number of hydrogen-bond donors (Lipinski definition) is 2. The van der Waals surface area contributed by atoms with E-state index in [2.05, 4.69) is 10.3 Å². The summed E-state index contributed by atoms with van der Waals surface area (Å²) in [5.41, 5.74) is 0.715. The van der Waals surface area contributed by atoms with E-state index in [4.69, 9.17) is 4.74 Å². The molecule has 0 unspecified atom stereocenters. The zero-order valence-corrected chi connectivity index (χ0v) is 17.6. The highest BCUT2D eigenvalue weighted by molar-refractivity contribution is 5.97. The van der Waals surface area contributed by atoms with E-state index >= 15 is 0 Å². The highest BCUT2D eigenvalue weighted by Gasteiger charge is 2.34. The number of esters is 1. The van der Waals surface area contributed by atoms with Crippen LogP contribution in [0.25, 0.3) is 10.9 Å². The third-order valence-corrected chi connectivity index (χ3v) is 5.01. The first-order chi connectivity index (χ1) is 15.8. The lowest BCUT2D eigenvalue weighted by molar-refractivity contribution is -0.384. The molecular weight excluding hydrogens is 430 g/mol. The van der Waals surface area contributed by atoms with Crippen LogP contribution in [0.1, 0.15) is 35.3 Å². The monoisotopic (exact) mass is 451 g/mol. The van der Waals surface area contributed by atoms with Crippen LogP contribution in [0.3, 0.4) is 0 Å². The molecule has 10 nitrogen and oxygen atoms in total. The quantitative estimate of drug-likeness (QED) is 0.286. The van der Waals surface area contributed by atoms with Crippen LogP contribution in [0, 0.1) is 10.1 Å². The minimum Gasteiger partial charge on any atom is -0.480 e. The molecule has 0 bridgehead atoms. The Morgan fingerprint density at radius 3 is 2.42 bits per heavy atom. The van der Waals surface area contributed by atoms with Crippen molar-refractivity contribution in [3.05, 3.63) is 82.0 Å². The normalized spacial score (nSPS) is 12.5. The summed E-state index contributed by atoms with van der Waals surface area (Å²) in [5.74, 6) is -3.81. The number of non-ortho nitro benzene ring substituents is 1. The molecule has 3 rings (SSSR count). The molecule has 0 aliphatic carbocycles. The SMILES string of the molecule is CCOC(=O)C[C@@H](c1ccc([N+](=O)[O-])cc1)[C@H](NC(=O)c1ccc2ccccc2n1)C(=O)O. The maximum absolute atomic E-state index is 12.9. The zero-order chi connectivity index (χ0) is 24.0. The van der Waals surface area contributed by atoms with E-state index in [1.165, 1.54) is 30.3 Å². The van der Waals surface area contributed by atoms with Gasteiger partial charge in [-0.3, -0.25) is 19.7 Å². The number of amides is 1. The number of aromatic nitrogens is 1. The van der Waals surface area contributed by atoms with Crippen molar-refractivity contribution in [2.45, 2.75) is 25.3 Å². The van der Waals surface area contributed by atoms with Gasteiger partial charge in [-0.05, 0) is 24.6 Å². The van der Waals surface area contributed by atoms with Gasteiger partial charge in [-0.1, -0.05) is 36.4 Å². The van der Waals surface area contributed by atoms with Gasteiger partial charge in [0.1, 0.15) is 11.7 Å². The first-order valence-electron chi connectivity index (χ1n) is 10.1. The number of carbonyl (C=O) groups excluding carboxylic acids is 2. The summed E-state index contributed by atoms with van der Waals surface area (Å²) < 4.78 is 4.96. The summed E-state index contributed by atoms with van der Waals surface area (Å²) in [6, 6.07) is 13.9. The fourth-order valence-electron chi connectivity index (χ4n) is 3.41. The van der Waals surface area contributed by atoms with E-state index < -0.39 is 34.7 Å². The van der Waals surface area contributed by atoms with Crippen LogP contribution >= 0.6 is 0 Å². The summed E-state index contributed by atoms with van der Waals surface area (Å²) in [6.07, 6.45) is -0.353. The summed E-state index contributed by atoms with van der Waals surface area (Å²) in [6.45, 7) is 1.71. The van der Waals surface area contributed by atoms with E-state index in [0.29, 0.717) is 11.1 Å². The van der Waals surface area contributed by atoms with Crippen LogP contribution < -0.4 is 5.32 Å². The lowest BCUT2D eigenvalue weighted by Crippen LogP contribution is -2.46. The Hall–Kier alpha value is -4.34. The van der Waals surface area contributed by atoms with Crippen molar-refractivity contribution in [3.8, 4) is 0 Å². The first kappa shape index (κ1) is 23.3. The lowest BCUT2D eigenvalue weighted by atomic mass is 9.88. The van der Waals surface area contributed by atoms with Gasteiger partial charge in [-0.2, -0.15) is 0 Å². The number of nitrogens with one attached hydrogen (secondary N) is 1. The molecule has 0 aliphatic rings. The number of nitro benzene ring substituents is 1. The van der Waals surface area contributed by atoms with E-state index in [0.717, 1.165) is 5.39 Å². The minimum absolute atomic E-state index is 0.0125. The topological polar surface area (TPSA) is 149 Å². The molecule has 1 amide bonds. The van der Waals surface area contributed by atoms with E-state index in [9.17, 15) is 29.6 Å². The van der Waals surface area contributed by atoms with Gasteiger partial charge in [0.2, 0.25) is 0 Å². The number of nitro groups is 1. The van der Waals surface area contributed by atoms with Crippen molar-refractivity contribution in [2.75, 3.05) is 6.61 Å². The van der Waals surface area contributed by atoms with Crippen molar-refractivity contribution >= 4 is 34.4 Å². The van der Waals surface area contributed by atoms with Gasteiger partial charge in [-0.25, -0.2) is 9.78 Å². The summed E-state index contributed by atoms with van der Waals surface area (Å²) in [5, 5.41) is 24.1. The summed E-state index contributed by atoms with van der Waals surface area (Å²) in [7, 11) is 0. The second-order valence-electron chi connectivity index (χ2n) is 7.14. The predicted octanol–water partition coefficient (Wildman–Crippen LogP) is 3.06. The Morgan fingerprint density at radius 1 is 1.09 bits per heavy atom. The highest BCUT2D eigenvalue weighted by Crippen LogP contribution is 2.27. The second kappa shape index (κ2) is 10.3. The molecular formula is C23H21N3O7. The van der Waals surface area contributed by atoms with Gasteiger partial charge in [0.15, 0.2) is 0 Å². The van der Waals surface area contributed by atoms with Gasteiger partial charge in [0.05, 0.1) is 23.5 Å². The molecule has 0 aliphatic heterocycles. The van der Waals surface area contributed by atoms with E-state index in [-0.39, 0.29) is 24.4 Å². The molecule has 0 saturated carbocycles. The van der Waals surface area contributed by atoms with E-state index in [1.807, 2.05) is 12.1 Å². The number of aliphatic carboxylic acids is 1. The number of carboxylic acids is 1. The summed E-state index contributed by atoms with van der Waals surface area (Å²) >= 11 is 0.